The first-order chi connectivity index (χ1) is 6.81. The predicted molar refractivity (Wildman–Crippen MR) is 50.5 cm³/mol. The quantitative estimate of drug-likeness (QED) is 0.709. The molecule has 0 fully saturated rings. The minimum Gasteiger partial charge on any atom is -0.399 e. The minimum atomic E-state index is 0.295. The summed E-state index contributed by atoms with van der Waals surface area (Å²) in [5.74, 6) is 0.891. The zero-order chi connectivity index (χ0) is 9.97. The molecule has 5 heteroatoms. The van der Waals surface area contributed by atoms with Crippen molar-refractivity contribution >= 4 is 5.69 Å². The average Bonchev–Trinajstić information content (AvgIpc) is 2.65. The molecule has 0 aromatic carbocycles. The number of aromatic nitrogens is 3. The number of hydrogen-bond donors (Lipinski definition) is 1. The highest BCUT2D eigenvalue weighted by atomic mass is 15.1. The highest BCUT2D eigenvalue weighted by Crippen LogP contribution is 2.10. The SMILES string of the molecule is N#Cc1nccn1-c1cc(N)ccn1. The van der Waals surface area contributed by atoms with E-state index in [0.29, 0.717) is 17.3 Å². The van der Waals surface area contributed by atoms with Crippen molar-refractivity contribution < 1.29 is 0 Å². The van der Waals surface area contributed by atoms with Crippen LogP contribution in [-0.2, 0) is 0 Å². The monoisotopic (exact) mass is 185 g/mol. The van der Waals surface area contributed by atoms with Crippen LogP contribution in [0.15, 0.2) is 30.7 Å². The van der Waals surface area contributed by atoms with E-state index in [9.17, 15) is 0 Å². The summed E-state index contributed by atoms with van der Waals surface area (Å²) in [4.78, 5) is 7.94. The van der Waals surface area contributed by atoms with Gasteiger partial charge in [-0.05, 0) is 6.07 Å². The zero-order valence-electron chi connectivity index (χ0n) is 7.25. The third kappa shape index (κ3) is 1.29. The molecule has 0 atom stereocenters. The fourth-order valence-corrected chi connectivity index (χ4v) is 1.14. The van der Waals surface area contributed by atoms with E-state index in [1.807, 2.05) is 6.07 Å². The van der Waals surface area contributed by atoms with E-state index in [0.717, 1.165) is 0 Å². The molecule has 0 saturated heterocycles. The number of hydrogen-bond acceptors (Lipinski definition) is 4. The maximum atomic E-state index is 8.75. The molecule has 0 amide bonds. The predicted octanol–water partition coefficient (Wildman–Crippen LogP) is 0.721. The molecule has 0 radical (unpaired) electrons. The lowest BCUT2D eigenvalue weighted by Crippen LogP contribution is -2.00. The van der Waals surface area contributed by atoms with Gasteiger partial charge in [-0.2, -0.15) is 5.26 Å². The molecule has 0 aliphatic carbocycles. The van der Waals surface area contributed by atoms with Gasteiger partial charge in [-0.15, -0.1) is 0 Å². The van der Waals surface area contributed by atoms with Crippen molar-refractivity contribution in [3.8, 4) is 11.9 Å². The first kappa shape index (κ1) is 8.26. The van der Waals surface area contributed by atoms with Gasteiger partial charge in [-0.1, -0.05) is 0 Å². The van der Waals surface area contributed by atoms with Crippen LogP contribution in [0.5, 0.6) is 0 Å². The van der Waals surface area contributed by atoms with Crippen molar-refractivity contribution in [2.75, 3.05) is 5.73 Å². The first-order valence-electron chi connectivity index (χ1n) is 3.96. The molecule has 0 saturated carbocycles. The van der Waals surface area contributed by atoms with Gasteiger partial charge in [0, 0.05) is 30.3 Å². The fraction of sp³-hybridized carbons (Fsp3) is 0. The van der Waals surface area contributed by atoms with Crippen LogP contribution in [0.2, 0.25) is 0 Å². The molecule has 2 rings (SSSR count). The average molecular weight is 185 g/mol. The van der Waals surface area contributed by atoms with Crippen molar-refractivity contribution in [2.45, 2.75) is 0 Å². The molecule has 14 heavy (non-hydrogen) atoms. The Morgan fingerprint density at radius 3 is 2.93 bits per heavy atom. The van der Waals surface area contributed by atoms with Gasteiger partial charge in [0.2, 0.25) is 5.82 Å². The normalized spacial score (nSPS) is 9.64. The summed E-state index contributed by atoms with van der Waals surface area (Å²) in [5, 5.41) is 8.75. The molecule has 2 heterocycles. The van der Waals surface area contributed by atoms with Crippen LogP contribution < -0.4 is 5.73 Å². The molecule has 2 aromatic rings. The Hall–Kier alpha value is -2.35. The number of nitrogen functional groups attached to an aromatic ring is 1. The zero-order valence-corrected chi connectivity index (χ0v) is 7.25. The third-order valence-electron chi connectivity index (χ3n) is 1.76. The molecule has 0 aliphatic heterocycles. The Bertz CT molecular complexity index is 494. The van der Waals surface area contributed by atoms with Crippen LogP contribution in [0, 0.1) is 11.3 Å². The Kier molecular flexibility index (Phi) is 1.88. The molecule has 68 valence electrons. The summed E-state index contributed by atoms with van der Waals surface area (Å²) < 4.78 is 1.58. The number of rotatable bonds is 1. The van der Waals surface area contributed by atoms with Gasteiger partial charge in [-0.3, -0.25) is 4.57 Å². The van der Waals surface area contributed by atoms with E-state index in [4.69, 9.17) is 11.0 Å². The van der Waals surface area contributed by atoms with Crippen LogP contribution in [0.1, 0.15) is 5.82 Å². The Morgan fingerprint density at radius 1 is 1.36 bits per heavy atom. The molecule has 0 bridgehead atoms. The van der Waals surface area contributed by atoms with Crippen molar-refractivity contribution in [3.63, 3.8) is 0 Å². The van der Waals surface area contributed by atoms with E-state index < -0.39 is 0 Å². The van der Waals surface area contributed by atoms with E-state index in [-0.39, 0.29) is 0 Å². The number of nitrogens with zero attached hydrogens (tertiary/aromatic N) is 4. The summed E-state index contributed by atoms with van der Waals surface area (Å²) in [5.41, 5.74) is 6.20. The lowest BCUT2D eigenvalue weighted by Gasteiger charge is -2.02. The lowest BCUT2D eigenvalue weighted by atomic mass is 10.4. The van der Waals surface area contributed by atoms with Crippen LogP contribution in [-0.4, -0.2) is 14.5 Å². The standard InChI is InChI=1S/C9H7N5/c10-6-9-13-3-4-14(9)8-5-7(11)1-2-12-8/h1-5H,(H2,11,12). The van der Waals surface area contributed by atoms with E-state index in [2.05, 4.69) is 9.97 Å². The lowest BCUT2D eigenvalue weighted by molar-refractivity contribution is 0.968. The number of nitrogens with two attached hydrogens (primary N) is 1. The molecule has 2 aromatic heterocycles. The molecule has 0 unspecified atom stereocenters. The van der Waals surface area contributed by atoms with Crippen LogP contribution >= 0.6 is 0 Å². The highest BCUT2D eigenvalue weighted by Gasteiger charge is 2.04. The number of pyridine rings is 1. The summed E-state index contributed by atoms with van der Waals surface area (Å²) in [6, 6.07) is 5.33. The molecular formula is C9H7N5. The smallest absolute Gasteiger partial charge is 0.218 e. The number of anilines is 1. The van der Waals surface area contributed by atoms with Gasteiger partial charge in [0.25, 0.3) is 0 Å². The van der Waals surface area contributed by atoms with Gasteiger partial charge in [-0.25, -0.2) is 9.97 Å². The maximum Gasteiger partial charge on any atom is 0.218 e. The fourth-order valence-electron chi connectivity index (χ4n) is 1.14. The van der Waals surface area contributed by atoms with Crippen molar-refractivity contribution in [3.05, 3.63) is 36.5 Å². The van der Waals surface area contributed by atoms with Gasteiger partial charge in [0.15, 0.2) is 0 Å². The van der Waals surface area contributed by atoms with Crippen molar-refractivity contribution in [1.82, 2.24) is 14.5 Å². The number of nitriles is 1. The van der Waals surface area contributed by atoms with Gasteiger partial charge in [0.1, 0.15) is 11.9 Å². The van der Waals surface area contributed by atoms with E-state index >= 15 is 0 Å². The molecule has 0 spiro atoms. The minimum absolute atomic E-state index is 0.295. The third-order valence-corrected chi connectivity index (χ3v) is 1.76. The molecule has 5 nitrogen and oxygen atoms in total. The van der Waals surface area contributed by atoms with Gasteiger partial charge in [0.05, 0.1) is 0 Å². The van der Waals surface area contributed by atoms with Gasteiger partial charge >= 0.3 is 0 Å². The maximum absolute atomic E-state index is 8.75. The van der Waals surface area contributed by atoms with Crippen molar-refractivity contribution in [2.24, 2.45) is 0 Å². The Morgan fingerprint density at radius 2 is 2.21 bits per heavy atom. The second-order valence-corrected chi connectivity index (χ2v) is 2.68. The summed E-state index contributed by atoms with van der Waals surface area (Å²) in [7, 11) is 0. The summed E-state index contributed by atoms with van der Waals surface area (Å²) >= 11 is 0. The molecule has 2 N–H and O–H groups in total. The summed E-state index contributed by atoms with van der Waals surface area (Å²) in [6.45, 7) is 0. The molecule has 0 aliphatic rings. The van der Waals surface area contributed by atoms with Crippen LogP contribution in [0.3, 0.4) is 0 Å². The summed E-state index contributed by atoms with van der Waals surface area (Å²) in [6.07, 6.45) is 4.80. The first-order valence-corrected chi connectivity index (χ1v) is 3.96. The van der Waals surface area contributed by atoms with E-state index in [1.54, 1.807) is 35.3 Å². The largest absolute Gasteiger partial charge is 0.399 e. The van der Waals surface area contributed by atoms with Crippen molar-refractivity contribution in [1.29, 1.82) is 5.26 Å². The topological polar surface area (TPSA) is 80.5 Å². The number of imidazole rings is 1. The van der Waals surface area contributed by atoms with Crippen LogP contribution in [0.4, 0.5) is 5.69 Å². The Labute approximate surface area is 80.4 Å². The van der Waals surface area contributed by atoms with E-state index in [1.165, 1.54) is 0 Å². The second-order valence-electron chi connectivity index (χ2n) is 2.68. The molecular weight excluding hydrogens is 178 g/mol. The second kappa shape index (κ2) is 3.18. The highest BCUT2D eigenvalue weighted by molar-refractivity contribution is 5.43. The van der Waals surface area contributed by atoms with Gasteiger partial charge < -0.3 is 5.73 Å². The Balaban J connectivity index is 2.56. The van der Waals surface area contributed by atoms with Crippen LogP contribution in [0.25, 0.3) is 5.82 Å².